The fourth-order valence-electron chi connectivity index (χ4n) is 1.35. The lowest BCUT2D eigenvalue weighted by Gasteiger charge is -2.06. The highest BCUT2D eigenvalue weighted by molar-refractivity contribution is 6.32. The van der Waals surface area contributed by atoms with Gasteiger partial charge in [-0.25, -0.2) is 4.79 Å². The summed E-state index contributed by atoms with van der Waals surface area (Å²) < 4.78 is 15.0. The van der Waals surface area contributed by atoms with Crippen LogP contribution in [0.2, 0.25) is 5.02 Å². The molecule has 0 aliphatic carbocycles. The Balaban J connectivity index is 1.91. The Bertz CT molecular complexity index is 486. The highest BCUT2D eigenvalue weighted by atomic mass is 35.5. The number of rotatable bonds is 5. The number of ether oxygens (including phenoxy) is 3. The first-order chi connectivity index (χ1) is 9.19. The van der Waals surface area contributed by atoms with Gasteiger partial charge < -0.3 is 14.2 Å². The molecule has 1 aromatic rings. The Hall–Kier alpha value is -1.72. The van der Waals surface area contributed by atoms with E-state index < -0.39 is 6.09 Å². The number of benzene rings is 1. The van der Waals surface area contributed by atoms with E-state index in [0.29, 0.717) is 17.4 Å². The van der Waals surface area contributed by atoms with Crippen molar-refractivity contribution in [3.63, 3.8) is 0 Å². The quantitative estimate of drug-likeness (QED) is 0.843. The van der Waals surface area contributed by atoms with Gasteiger partial charge in [-0.05, 0) is 23.8 Å². The van der Waals surface area contributed by atoms with Crippen molar-refractivity contribution in [1.29, 1.82) is 0 Å². The van der Waals surface area contributed by atoms with Gasteiger partial charge in [-0.3, -0.25) is 5.32 Å². The number of carbonyl (C=O) groups excluding carboxylic acids is 1. The van der Waals surface area contributed by atoms with E-state index in [4.69, 9.17) is 21.1 Å². The lowest BCUT2D eigenvalue weighted by atomic mass is 10.2. The molecule has 19 heavy (non-hydrogen) atoms. The van der Waals surface area contributed by atoms with E-state index in [9.17, 15) is 4.79 Å². The Morgan fingerprint density at radius 2 is 2.42 bits per heavy atom. The molecule has 0 spiro atoms. The number of amides is 1. The smallest absolute Gasteiger partial charge is 0.410 e. The molecule has 1 N–H and O–H groups in total. The summed E-state index contributed by atoms with van der Waals surface area (Å²) in [7, 11) is 1.30. The Morgan fingerprint density at radius 3 is 3.05 bits per heavy atom. The maximum absolute atomic E-state index is 10.8. The zero-order valence-electron chi connectivity index (χ0n) is 10.4. The highest BCUT2D eigenvalue weighted by Gasteiger charge is 2.23. The van der Waals surface area contributed by atoms with E-state index in [1.807, 2.05) is 6.07 Å². The fourth-order valence-corrected chi connectivity index (χ4v) is 1.59. The molecule has 1 saturated heterocycles. The summed E-state index contributed by atoms with van der Waals surface area (Å²) in [5.74, 6) is 0.621. The molecule has 0 radical (unpaired) electrons. The SMILES string of the molecule is COC(=O)N/C=C/c1ccc(OCC2CO2)c(Cl)c1. The number of halogens is 1. The van der Waals surface area contributed by atoms with Gasteiger partial charge >= 0.3 is 6.09 Å². The van der Waals surface area contributed by atoms with Gasteiger partial charge in [-0.15, -0.1) is 0 Å². The monoisotopic (exact) mass is 283 g/mol. The van der Waals surface area contributed by atoms with Gasteiger partial charge in [-0.2, -0.15) is 0 Å². The molecule has 0 saturated carbocycles. The van der Waals surface area contributed by atoms with Gasteiger partial charge in [0.25, 0.3) is 0 Å². The van der Waals surface area contributed by atoms with Crippen LogP contribution in [-0.2, 0) is 9.47 Å². The van der Waals surface area contributed by atoms with E-state index in [2.05, 4.69) is 10.1 Å². The van der Waals surface area contributed by atoms with E-state index >= 15 is 0 Å². The molecule has 2 rings (SSSR count). The minimum Gasteiger partial charge on any atom is -0.489 e. The van der Waals surface area contributed by atoms with Crippen LogP contribution in [0, 0.1) is 0 Å². The number of hydrogen-bond acceptors (Lipinski definition) is 4. The van der Waals surface area contributed by atoms with E-state index in [1.54, 1.807) is 18.2 Å². The van der Waals surface area contributed by atoms with Crippen LogP contribution in [-0.4, -0.2) is 32.5 Å². The van der Waals surface area contributed by atoms with Crippen molar-refractivity contribution in [2.24, 2.45) is 0 Å². The first kappa shape index (κ1) is 13.7. The third kappa shape index (κ3) is 4.46. The van der Waals surface area contributed by atoms with Crippen molar-refractivity contribution in [1.82, 2.24) is 5.32 Å². The number of methoxy groups -OCH3 is 1. The number of alkyl carbamates (subject to hydrolysis) is 1. The third-order valence-corrected chi connectivity index (χ3v) is 2.74. The van der Waals surface area contributed by atoms with Crippen molar-refractivity contribution < 1.29 is 19.0 Å². The summed E-state index contributed by atoms with van der Waals surface area (Å²) in [6.07, 6.45) is 2.86. The summed E-state index contributed by atoms with van der Waals surface area (Å²) >= 11 is 6.09. The molecule has 0 bridgehead atoms. The van der Waals surface area contributed by atoms with E-state index in [1.165, 1.54) is 13.3 Å². The predicted molar refractivity (Wildman–Crippen MR) is 71.3 cm³/mol. The average molecular weight is 284 g/mol. The lowest BCUT2D eigenvalue weighted by Crippen LogP contribution is -2.15. The van der Waals surface area contributed by atoms with Gasteiger partial charge in [0.1, 0.15) is 18.5 Å². The maximum Gasteiger partial charge on any atom is 0.410 e. The number of hydrogen-bond donors (Lipinski definition) is 1. The van der Waals surface area contributed by atoms with Gasteiger partial charge in [0, 0.05) is 6.20 Å². The Kier molecular flexibility index (Phi) is 4.65. The molecule has 1 atom stereocenters. The van der Waals surface area contributed by atoms with Gasteiger partial charge in [0.15, 0.2) is 0 Å². The second kappa shape index (κ2) is 6.45. The van der Waals surface area contributed by atoms with Crippen molar-refractivity contribution in [3.8, 4) is 5.75 Å². The minimum absolute atomic E-state index is 0.194. The van der Waals surface area contributed by atoms with Crippen molar-refractivity contribution in [2.45, 2.75) is 6.10 Å². The molecule has 1 heterocycles. The molecule has 1 aromatic carbocycles. The molecule has 6 heteroatoms. The zero-order chi connectivity index (χ0) is 13.7. The van der Waals surface area contributed by atoms with Crippen LogP contribution >= 0.6 is 11.6 Å². The van der Waals surface area contributed by atoms with Crippen molar-refractivity contribution in [2.75, 3.05) is 20.3 Å². The number of nitrogens with one attached hydrogen (secondary N) is 1. The zero-order valence-corrected chi connectivity index (χ0v) is 11.1. The number of carbonyl (C=O) groups is 1. The molecule has 1 aliphatic rings. The Morgan fingerprint density at radius 1 is 1.63 bits per heavy atom. The molecule has 102 valence electrons. The second-order valence-electron chi connectivity index (χ2n) is 3.93. The summed E-state index contributed by atoms with van der Waals surface area (Å²) in [5.41, 5.74) is 0.844. The minimum atomic E-state index is -0.522. The largest absolute Gasteiger partial charge is 0.489 e. The van der Waals surface area contributed by atoms with E-state index in [-0.39, 0.29) is 6.10 Å². The molecule has 5 nitrogen and oxygen atoms in total. The summed E-state index contributed by atoms with van der Waals surface area (Å²) in [6, 6.07) is 5.37. The summed E-state index contributed by atoms with van der Waals surface area (Å²) in [4.78, 5) is 10.8. The third-order valence-electron chi connectivity index (χ3n) is 2.45. The standard InChI is InChI=1S/C13H14ClNO4/c1-17-13(16)15-5-4-9-2-3-12(11(14)6-9)19-8-10-7-18-10/h2-6,10H,7-8H2,1H3,(H,15,16)/b5-4+. The molecule has 1 unspecified atom stereocenters. The molecule has 1 aliphatic heterocycles. The van der Waals surface area contributed by atoms with Crippen LogP contribution in [0.1, 0.15) is 5.56 Å². The summed E-state index contributed by atoms with van der Waals surface area (Å²) in [5, 5.41) is 2.95. The van der Waals surface area contributed by atoms with Gasteiger partial charge in [0.2, 0.25) is 0 Å². The van der Waals surface area contributed by atoms with Crippen LogP contribution in [0.25, 0.3) is 6.08 Å². The Labute approximate surface area is 116 Å². The van der Waals surface area contributed by atoms with E-state index in [0.717, 1.165) is 12.2 Å². The summed E-state index contributed by atoms with van der Waals surface area (Å²) in [6.45, 7) is 1.26. The number of epoxide rings is 1. The van der Waals surface area contributed by atoms with Gasteiger partial charge in [-0.1, -0.05) is 17.7 Å². The first-order valence-corrected chi connectivity index (χ1v) is 6.12. The predicted octanol–water partition coefficient (Wildman–Crippen LogP) is 2.44. The van der Waals surface area contributed by atoms with Gasteiger partial charge in [0.05, 0.1) is 18.7 Å². The van der Waals surface area contributed by atoms with Crippen LogP contribution in [0.3, 0.4) is 0 Å². The van der Waals surface area contributed by atoms with Crippen LogP contribution in [0.4, 0.5) is 4.79 Å². The molecular weight excluding hydrogens is 270 g/mol. The fraction of sp³-hybridized carbons (Fsp3) is 0.308. The molecule has 1 amide bonds. The van der Waals surface area contributed by atoms with Crippen molar-refractivity contribution >= 4 is 23.8 Å². The van der Waals surface area contributed by atoms with Crippen LogP contribution < -0.4 is 10.1 Å². The molecule has 1 fully saturated rings. The molecular formula is C13H14ClNO4. The molecule has 0 aromatic heterocycles. The van der Waals surface area contributed by atoms with Crippen LogP contribution in [0.5, 0.6) is 5.75 Å². The topological polar surface area (TPSA) is 60.1 Å². The van der Waals surface area contributed by atoms with Crippen LogP contribution in [0.15, 0.2) is 24.4 Å². The maximum atomic E-state index is 10.8. The normalized spacial score (nSPS) is 17.3. The highest BCUT2D eigenvalue weighted by Crippen LogP contribution is 2.26. The average Bonchev–Trinajstić information content (AvgIpc) is 3.21. The first-order valence-electron chi connectivity index (χ1n) is 5.74. The van der Waals surface area contributed by atoms with Crippen molar-refractivity contribution in [3.05, 3.63) is 35.0 Å². The second-order valence-corrected chi connectivity index (χ2v) is 4.33. The lowest BCUT2D eigenvalue weighted by molar-refractivity contribution is 0.175.